The largest absolute Gasteiger partial charge is 0.478 e. The normalized spacial score (nSPS) is 15.4. The molecule has 0 aliphatic heterocycles. The number of amides is 1. The van der Waals surface area contributed by atoms with Crippen molar-refractivity contribution in [3.63, 3.8) is 0 Å². The molecule has 0 bridgehead atoms. The number of rotatable bonds is 5. The fourth-order valence-corrected chi connectivity index (χ4v) is 2.55. The Labute approximate surface area is 112 Å². The quantitative estimate of drug-likeness (QED) is 0.854. The number of anilines is 1. The first-order chi connectivity index (χ1) is 9.15. The van der Waals surface area contributed by atoms with Gasteiger partial charge < -0.3 is 10.4 Å². The molecule has 0 aromatic heterocycles. The van der Waals surface area contributed by atoms with Gasteiger partial charge in [-0.3, -0.25) is 4.79 Å². The summed E-state index contributed by atoms with van der Waals surface area (Å²) < 4.78 is 0. The Kier molecular flexibility index (Phi) is 4.55. The number of hydrogen-bond acceptors (Lipinski definition) is 2. The van der Waals surface area contributed by atoms with Gasteiger partial charge in [-0.1, -0.05) is 25.7 Å². The Morgan fingerprint density at radius 2 is 1.79 bits per heavy atom. The van der Waals surface area contributed by atoms with Crippen LogP contribution in [0.4, 0.5) is 5.69 Å². The Morgan fingerprint density at radius 3 is 2.37 bits per heavy atom. The molecule has 2 N–H and O–H groups in total. The van der Waals surface area contributed by atoms with Gasteiger partial charge in [-0.05, 0) is 36.6 Å². The first-order valence-corrected chi connectivity index (χ1v) is 6.78. The number of carbonyl (C=O) groups is 2. The molecule has 0 saturated heterocycles. The predicted octanol–water partition coefficient (Wildman–Crippen LogP) is 3.29. The van der Waals surface area contributed by atoms with E-state index in [-0.39, 0.29) is 11.5 Å². The van der Waals surface area contributed by atoms with E-state index < -0.39 is 5.97 Å². The Balaban J connectivity index is 1.79. The second-order valence-corrected chi connectivity index (χ2v) is 5.12. The van der Waals surface area contributed by atoms with Crippen molar-refractivity contribution in [1.29, 1.82) is 0 Å². The van der Waals surface area contributed by atoms with Gasteiger partial charge in [-0.15, -0.1) is 0 Å². The summed E-state index contributed by atoms with van der Waals surface area (Å²) in [6, 6.07) is 6.23. The summed E-state index contributed by atoms with van der Waals surface area (Å²) >= 11 is 0. The molecule has 0 unspecified atom stereocenters. The zero-order valence-corrected chi connectivity index (χ0v) is 10.9. The summed E-state index contributed by atoms with van der Waals surface area (Å²) in [7, 11) is 0. The van der Waals surface area contributed by atoms with Gasteiger partial charge in [0, 0.05) is 12.1 Å². The second kappa shape index (κ2) is 6.36. The first kappa shape index (κ1) is 13.6. The lowest BCUT2D eigenvalue weighted by atomic mass is 10.0. The summed E-state index contributed by atoms with van der Waals surface area (Å²) in [5.74, 6) is -0.241. The molecule has 2 rings (SSSR count). The van der Waals surface area contributed by atoms with Crippen molar-refractivity contribution >= 4 is 17.6 Å². The minimum Gasteiger partial charge on any atom is -0.478 e. The van der Waals surface area contributed by atoms with E-state index in [1.54, 1.807) is 12.1 Å². The Bertz CT molecular complexity index is 447. The first-order valence-electron chi connectivity index (χ1n) is 6.78. The maximum atomic E-state index is 11.8. The molecule has 1 saturated carbocycles. The van der Waals surface area contributed by atoms with Crippen molar-refractivity contribution in [3.8, 4) is 0 Å². The topological polar surface area (TPSA) is 66.4 Å². The highest BCUT2D eigenvalue weighted by molar-refractivity contribution is 5.92. The molecule has 19 heavy (non-hydrogen) atoms. The fraction of sp³-hybridized carbons (Fsp3) is 0.467. The lowest BCUT2D eigenvalue weighted by Gasteiger charge is -2.09. The molecule has 0 radical (unpaired) electrons. The van der Waals surface area contributed by atoms with E-state index in [2.05, 4.69) is 5.32 Å². The van der Waals surface area contributed by atoms with Crippen LogP contribution in [0.5, 0.6) is 0 Å². The average Bonchev–Trinajstić information content (AvgIpc) is 2.90. The maximum Gasteiger partial charge on any atom is 0.335 e. The van der Waals surface area contributed by atoms with E-state index in [0.29, 0.717) is 18.0 Å². The maximum absolute atomic E-state index is 11.8. The van der Waals surface area contributed by atoms with Crippen LogP contribution in [0.15, 0.2) is 24.3 Å². The molecule has 1 aromatic carbocycles. The minimum atomic E-state index is -0.959. The second-order valence-electron chi connectivity index (χ2n) is 5.12. The summed E-state index contributed by atoms with van der Waals surface area (Å²) in [5, 5.41) is 11.6. The standard InChI is InChI=1S/C15H19NO3/c17-14(10-5-11-3-1-2-4-11)16-13-8-6-12(7-9-13)15(18)19/h6-9,11H,1-5,10H2,(H,16,17)(H,18,19). The molecule has 0 heterocycles. The number of carboxylic acid groups (broad SMARTS) is 1. The van der Waals surface area contributed by atoms with Crippen molar-refractivity contribution in [2.45, 2.75) is 38.5 Å². The Morgan fingerprint density at radius 1 is 1.16 bits per heavy atom. The van der Waals surface area contributed by atoms with Crippen LogP contribution >= 0.6 is 0 Å². The van der Waals surface area contributed by atoms with Crippen LogP contribution in [-0.2, 0) is 4.79 Å². The number of carboxylic acids is 1. The van der Waals surface area contributed by atoms with Crippen LogP contribution in [0.1, 0.15) is 48.9 Å². The molecular weight excluding hydrogens is 242 g/mol. The van der Waals surface area contributed by atoms with E-state index in [1.165, 1.54) is 37.8 Å². The number of carbonyl (C=O) groups excluding carboxylic acids is 1. The molecule has 102 valence electrons. The Hall–Kier alpha value is -1.84. The van der Waals surface area contributed by atoms with Gasteiger partial charge >= 0.3 is 5.97 Å². The van der Waals surface area contributed by atoms with Gasteiger partial charge in [0.15, 0.2) is 0 Å². The molecule has 1 aliphatic carbocycles. The smallest absolute Gasteiger partial charge is 0.335 e. The lowest BCUT2D eigenvalue weighted by Crippen LogP contribution is -2.12. The van der Waals surface area contributed by atoms with Crippen LogP contribution in [0, 0.1) is 5.92 Å². The number of benzene rings is 1. The van der Waals surface area contributed by atoms with E-state index >= 15 is 0 Å². The third-order valence-electron chi connectivity index (χ3n) is 3.67. The highest BCUT2D eigenvalue weighted by atomic mass is 16.4. The lowest BCUT2D eigenvalue weighted by molar-refractivity contribution is -0.116. The minimum absolute atomic E-state index is 0.00924. The molecule has 0 atom stereocenters. The van der Waals surface area contributed by atoms with Crippen molar-refractivity contribution in [3.05, 3.63) is 29.8 Å². The average molecular weight is 261 g/mol. The highest BCUT2D eigenvalue weighted by Gasteiger charge is 2.16. The number of hydrogen-bond donors (Lipinski definition) is 2. The highest BCUT2D eigenvalue weighted by Crippen LogP contribution is 2.28. The summed E-state index contributed by atoms with van der Waals surface area (Å²) in [5.41, 5.74) is 0.880. The molecule has 1 amide bonds. The molecular formula is C15H19NO3. The molecule has 4 heteroatoms. The molecule has 1 fully saturated rings. The van der Waals surface area contributed by atoms with Crippen LogP contribution < -0.4 is 5.32 Å². The SMILES string of the molecule is O=C(CCC1CCCC1)Nc1ccc(C(=O)O)cc1. The van der Waals surface area contributed by atoms with Crippen molar-refractivity contribution in [2.75, 3.05) is 5.32 Å². The van der Waals surface area contributed by atoms with Gasteiger partial charge in [0.25, 0.3) is 0 Å². The van der Waals surface area contributed by atoms with E-state index in [0.717, 1.165) is 6.42 Å². The molecule has 0 spiro atoms. The summed E-state index contributed by atoms with van der Waals surface area (Å²) in [4.78, 5) is 22.5. The van der Waals surface area contributed by atoms with Crippen LogP contribution in [0.3, 0.4) is 0 Å². The van der Waals surface area contributed by atoms with Crippen molar-refractivity contribution in [1.82, 2.24) is 0 Å². The van der Waals surface area contributed by atoms with Gasteiger partial charge in [-0.25, -0.2) is 4.79 Å². The predicted molar refractivity (Wildman–Crippen MR) is 73.2 cm³/mol. The van der Waals surface area contributed by atoms with Crippen LogP contribution in [-0.4, -0.2) is 17.0 Å². The zero-order valence-electron chi connectivity index (χ0n) is 10.9. The van der Waals surface area contributed by atoms with E-state index in [9.17, 15) is 9.59 Å². The van der Waals surface area contributed by atoms with Crippen molar-refractivity contribution in [2.24, 2.45) is 5.92 Å². The number of nitrogens with one attached hydrogen (secondary N) is 1. The number of aromatic carboxylic acids is 1. The van der Waals surface area contributed by atoms with Crippen LogP contribution in [0.25, 0.3) is 0 Å². The van der Waals surface area contributed by atoms with E-state index in [1.807, 2.05) is 0 Å². The fourth-order valence-electron chi connectivity index (χ4n) is 2.55. The third-order valence-corrected chi connectivity index (χ3v) is 3.67. The van der Waals surface area contributed by atoms with Crippen LogP contribution in [0.2, 0.25) is 0 Å². The van der Waals surface area contributed by atoms with Gasteiger partial charge in [-0.2, -0.15) is 0 Å². The van der Waals surface area contributed by atoms with E-state index in [4.69, 9.17) is 5.11 Å². The molecule has 1 aromatic rings. The monoisotopic (exact) mass is 261 g/mol. The van der Waals surface area contributed by atoms with Gasteiger partial charge in [0.1, 0.15) is 0 Å². The molecule has 1 aliphatic rings. The molecule has 4 nitrogen and oxygen atoms in total. The van der Waals surface area contributed by atoms with Gasteiger partial charge in [0.2, 0.25) is 5.91 Å². The summed E-state index contributed by atoms with van der Waals surface area (Å²) in [6.45, 7) is 0. The summed E-state index contributed by atoms with van der Waals surface area (Å²) in [6.07, 6.45) is 6.59. The van der Waals surface area contributed by atoms with Crippen molar-refractivity contribution < 1.29 is 14.7 Å². The van der Waals surface area contributed by atoms with Gasteiger partial charge in [0.05, 0.1) is 5.56 Å². The zero-order chi connectivity index (χ0) is 13.7. The third kappa shape index (κ3) is 4.09.